The number of carbonyl (C=O) groups excluding carboxylic acids is 1. The highest BCUT2D eigenvalue weighted by Crippen LogP contribution is 2.20. The third-order valence-corrected chi connectivity index (χ3v) is 6.34. The zero-order chi connectivity index (χ0) is 18.6. The molecule has 1 amide bonds. The Morgan fingerprint density at radius 2 is 2.23 bits per heavy atom. The van der Waals surface area contributed by atoms with Gasteiger partial charge in [0.05, 0.1) is 11.4 Å². The molecule has 0 saturated carbocycles. The van der Waals surface area contributed by atoms with Crippen LogP contribution in [-0.4, -0.2) is 60.6 Å². The number of nitrogens with zero attached hydrogens (tertiary/aromatic N) is 3. The first-order valence-corrected chi connectivity index (χ1v) is 10.0. The number of rotatable bonds is 6. The van der Waals surface area contributed by atoms with Crippen molar-refractivity contribution < 1.29 is 13.2 Å². The van der Waals surface area contributed by atoms with E-state index in [1.807, 2.05) is 19.2 Å². The smallest absolute Gasteiger partial charge is 0.251 e. The fraction of sp³-hybridized carbons (Fsp3) is 0.412. The summed E-state index contributed by atoms with van der Waals surface area (Å²) in [5.74, 6) is -0.303. The summed E-state index contributed by atoms with van der Waals surface area (Å²) in [5, 5.41) is 10.0. The summed E-state index contributed by atoms with van der Waals surface area (Å²) in [6.07, 6.45) is 3.49. The second-order valence-electron chi connectivity index (χ2n) is 6.22. The predicted molar refractivity (Wildman–Crippen MR) is 97.2 cm³/mol. The van der Waals surface area contributed by atoms with Crippen molar-refractivity contribution in [1.29, 1.82) is 0 Å². The van der Waals surface area contributed by atoms with Gasteiger partial charge in [-0.3, -0.25) is 9.48 Å². The molecule has 0 radical (unpaired) electrons. The van der Waals surface area contributed by atoms with Gasteiger partial charge in [-0.2, -0.15) is 9.40 Å². The highest BCUT2D eigenvalue weighted by atomic mass is 32.2. The van der Waals surface area contributed by atoms with Gasteiger partial charge in [0.15, 0.2) is 0 Å². The Labute approximate surface area is 153 Å². The molecule has 1 atom stereocenters. The van der Waals surface area contributed by atoms with Crippen LogP contribution in [0.25, 0.3) is 0 Å². The lowest BCUT2D eigenvalue weighted by Crippen LogP contribution is -2.52. The minimum absolute atomic E-state index is 0.125. The highest BCUT2D eigenvalue weighted by Gasteiger charge is 2.31. The van der Waals surface area contributed by atoms with Crippen molar-refractivity contribution in [2.75, 3.05) is 26.2 Å². The Kier molecular flexibility index (Phi) is 5.70. The Balaban J connectivity index is 1.69. The van der Waals surface area contributed by atoms with Gasteiger partial charge in [0.1, 0.15) is 0 Å². The first kappa shape index (κ1) is 18.6. The second kappa shape index (κ2) is 7.98. The van der Waals surface area contributed by atoms with Gasteiger partial charge in [-0.1, -0.05) is 6.07 Å². The van der Waals surface area contributed by atoms with Gasteiger partial charge in [0, 0.05) is 50.2 Å². The van der Waals surface area contributed by atoms with Crippen molar-refractivity contribution in [2.24, 2.45) is 0 Å². The molecule has 2 aromatic rings. The molecule has 8 nitrogen and oxygen atoms in total. The van der Waals surface area contributed by atoms with Crippen molar-refractivity contribution in [3.63, 3.8) is 0 Å². The van der Waals surface area contributed by atoms with Crippen molar-refractivity contribution in [3.05, 3.63) is 48.3 Å². The van der Waals surface area contributed by atoms with Crippen LogP contribution in [0, 0.1) is 0 Å². The number of benzene rings is 1. The van der Waals surface area contributed by atoms with E-state index in [-0.39, 0.29) is 16.8 Å². The molecule has 0 bridgehead atoms. The van der Waals surface area contributed by atoms with Crippen LogP contribution in [0.1, 0.15) is 17.3 Å². The summed E-state index contributed by atoms with van der Waals surface area (Å²) in [4.78, 5) is 12.5. The summed E-state index contributed by atoms with van der Waals surface area (Å²) in [6.45, 7) is 4.49. The Bertz CT molecular complexity index is 851. The maximum absolute atomic E-state index is 12.9. The van der Waals surface area contributed by atoms with E-state index >= 15 is 0 Å². The van der Waals surface area contributed by atoms with Crippen LogP contribution >= 0.6 is 0 Å². The van der Waals surface area contributed by atoms with Gasteiger partial charge in [0.2, 0.25) is 10.0 Å². The van der Waals surface area contributed by atoms with Crippen LogP contribution in [0.2, 0.25) is 0 Å². The average molecular weight is 377 g/mol. The normalized spacial score (nSPS) is 18.6. The summed E-state index contributed by atoms with van der Waals surface area (Å²) in [7, 11) is -3.62. The maximum atomic E-state index is 12.9. The molecule has 1 aromatic carbocycles. The molecule has 0 spiro atoms. The lowest BCUT2D eigenvalue weighted by molar-refractivity contribution is 0.0951. The first-order chi connectivity index (χ1) is 12.5. The molecule has 140 valence electrons. The third-order valence-electron chi connectivity index (χ3n) is 4.33. The molecule has 1 unspecified atom stereocenters. The largest absolute Gasteiger partial charge is 0.350 e. The number of hydrogen-bond acceptors (Lipinski definition) is 5. The van der Waals surface area contributed by atoms with E-state index in [9.17, 15) is 13.2 Å². The van der Waals surface area contributed by atoms with Crippen LogP contribution < -0.4 is 10.6 Å². The van der Waals surface area contributed by atoms with E-state index in [4.69, 9.17) is 0 Å². The number of carbonyl (C=O) groups is 1. The summed E-state index contributed by atoms with van der Waals surface area (Å²) < 4.78 is 29.0. The Hall–Kier alpha value is -2.23. The van der Waals surface area contributed by atoms with Crippen molar-refractivity contribution in [3.8, 4) is 0 Å². The molecule has 26 heavy (non-hydrogen) atoms. The van der Waals surface area contributed by atoms with E-state index in [2.05, 4.69) is 15.7 Å². The van der Waals surface area contributed by atoms with Crippen LogP contribution in [0.3, 0.4) is 0 Å². The number of aromatic nitrogens is 2. The molecule has 9 heteroatoms. The highest BCUT2D eigenvalue weighted by molar-refractivity contribution is 7.89. The zero-order valence-corrected chi connectivity index (χ0v) is 15.4. The predicted octanol–water partition coefficient (Wildman–Crippen LogP) is 0.296. The molecule has 2 heterocycles. The van der Waals surface area contributed by atoms with E-state index in [0.29, 0.717) is 38.3 Å². The summed E-state index contributed by atoms with van der Waals surface area (Å²) >= 11 is 0. The molecular weight excluding hydrogens is 354 g/mol. The van der Waals surface area contributed by atoms with E-state index in [0.717, 1.165) is 0 Å². The lowest BCUT2D eigenvalue weighted by atomic mass is 10.2. The molecule has 1 aliphatic heterocycles. The molecule has 0 aliphatic carbocycles. The molecule has 3 rings (SSSR count). The second-order valence-corrected chi connectivity index (χ2v) is 8.11. The number of amides is 1. The van der Waals surface area contributed by atoms with Gasteiger partial charge in [-0.25, -0.2) is 8.42 Å². The molecule has 1 aliphatic rings. The summed E-state index contributed by atoms with van der Waals surface area (Å²) in [5.41, 5.74) is 0.328. The van der Waals surface area contributed by atoms with E-state index < -0.39 is 10.0 Å². The fourth-order valence-corrected chi connectivity index (χ4v) is 4.61. The standard InChI is InChI=1S/C17H23N5O3S/c1-14-13-18-7-11-22(14)26(24,25)16-5-2-4-15(12-16)17(23)19-8-10-21-9-3-6-20-21/h2-6,9,12,14,18H,7-8,10-11,13H2,1H3,(H,19,23). The minimum Gasteiger partial charge on any atom is -0.350 e. The zero-order valence-electron chi connectivity index (χ0n) is 14.6. The van der Waals surface area contributed by atoms with Gasteiger partial charge >= 0.3 is 0 Å². The third kappa shape index (κ3) is 4.12. The average Bonchev–Trinajstić information content (AvgIpc) is 3.15. The Morgan fingerprint density at radius 3 is 2.96 bits per heavy atom. The summed E-state index contributed by atoms with van der Waals surface area (Å²) in [6, 6.07) is 7.87. The molecule has 1 aromatic heterocycles. The quantitative estimate of drug-likeness (QED) is 0.755. The van der Waals surface area contributed by atoms with Crippen molar-refractivity contribution in [1.82, 2.24) is 24.7 Å². The number of piperazine rings is 1. The van der Waals surface area contributed by atoms with Gasteiger partial charge in [-0.05, 0) is 31.2 Å². The van der Waals surface area contributed by atoms with Crippen LogP contribution in [0.15, 0.2) is 47.6 Å². The van der Waals surface area contributed by atoms with Crippen LogP contribution in [-0.2, 0) is 16.6 Å². The topological polar surface area (TPSA) is 96.3 Å². The molecule has 1 fully saturated rings. The van der Waals surface area contributed by atoms with E-state index in [1.165, 1.54) is 16.4 Å². The Morgan fingerprint density at radius 1 is 1.38 bits per heavy atom. The first-order valence-electron chi connectivity index (χ1n) is 8.57. The number of sulfonamides is 1. The molecule has 2 N–H and O–H groups in total. The van der Waals surface area contributed by atoms with Gasteiger partial charge in [0.25, 0.3) is 5.91 Å². The maximum Gasteiger partial charge on any atom is 0.251 e. The van der Waals surface area contributed by atoms with E-state index in [1.54, 1.807) is 23.0 Å². The van der Waals surface area contributed by atoms with Crippen LogP contribution in [0.5, 0.6) is 0 Å². The monoisotopic (exact) mass is 377 g/mol. The lowest BCUT2D eigenvalue weighted by Gasteiger charge is -2.32. The molecule has 1 saturated heterocycles. The van der Waals surface area contributed by atoms with Crippen molar-refractivity contribution in [2.45, 2.75) is 24.4 Å². The van der Waals surface area contributed by atoms with Crippen LogP contribution in [0.4, 0.5) is 0 Å². The van der Waals surface area contributed by atoms with Crippen molar-refractivity contribution >= 4 is 15.9 Å². The minimum atomic E-state index is -3.62. The fourth-order valence-electron chi connectivity index (χ4n) is 2.93. The van der Waals surface area contributed by atoms with Gasteiger partial charge < -0.3 is 10.6 Å². The van der Waals surface area contributed by atoms with Gasteiger partial charge in [-0.15, -0.1) is 0 Å². The molecular formula is C17H23N5O3S. The number of hydrogen-bond donors (Lipinski definition) is 2. The number of nitrogens with one attached hydrogen (secondary N) is 2. The SMILES string of the molecule is CC1CNCCN1S(=O)(=O)c1cccc(C(=O)NCCn2cccn2)c1.